The zero-order valence-electron chi connectivity index (χ0n) is 14.3. The number of carbonyl (C=O) groups excluding carboxylic acids is 4. The van der Waals surface area contributed by atoms with Crippen LogP contribution in [0.5, 0.6) is 0 Å². The van der Waals surface area contributed by atoms with E-state index >= 15 is 0 Å². The number of nitrogens with zero attached hydrogens (tertiary/aromatic N) is 2. The van der Waals surface area contributed by atoms with E-state index in [-0.39, 0.29) is 32.7 Å². The van der Waals surface area contributed by atoms with Crippen LogP contribution in [0, 0.1) is 0 Å². The van der Waals surface area contributed by atoms with Gasteiger partial charge in [0.05, 0.1) is 20.0 Å². The Labute approximate surface area is 135 Å². The Kier molecular flexibility index (Phi) is 9.04. The third kappa shape index (κ3) is 7.71. The fourth-order valence-corrected chi connectivity index (χ4v) is 1.67. The molecule has 0 bridgehead atoms. The van der Waals surface area contributed by atoms with Crippen LogP contribution < -0.4 is 0 Å². The fraction of sp³-hybridized carbons (Fsp3) is 0.714. The normalized spacial score (nSPS) is 13.1. The lowest BCUT2D eigenvalue weighted by Gasteiger charge is -2.35. The summed E-state index contributed by atoms with van der Waals surface area (Å²) in [5.74, 6) is -1.94. The van der Waals surface area contributed by atoms with Gasteiger partial charge in [-0.15, -0.1) is 0 Å². The largest absolute Gasteiger partial charge is 0.464 e. The predicted molar refractivity (Wildman–Crippen MR) is 78.1 cm³/mol. The summed E-state index contributed by atoms with van der Waals surface area (Å²) >= 11 is 0. The summed E-state index contributed by atoms with van der Waals surface area (Å²) in [5, 5.41) is 1.45. The number of hydroxylamine groups is 2. The van der Waals surface area contributed by atoms with Crippen molar-refractivity contribution in [3.05, 3.63) is 0 Å². The average Bonchev–Trinajstić information content (AvgIpc) is 2.44. The standard InChI is InChI=1S/C14H25N2O7/c1-6-14(20)23-16(5,11(2)17)15(7-9-21-12(3)18)8-10-22-13(4)19/h6-10H2,1-5H3/q+1. The number of esters is 2. The van der Waals surface area contributed by atoms with E-state index in [1.54, 1.807) is 6.92 Å². The van der Waals surface area contributed by atoms with Gasteiger partial charge in [0.2, 0.25) is 0 Å². The minimum atomic E-state index is -0.755. The van der Waals surface area contributed by atoms with E-state index in [0.29, 0.717) is 0 Å². The highest BCUT2D eigenvalue weighted by atomic mass is 16.8. The maximum absolute atomic E-state index is 12.0. The van der Waals surface area contributed by atoms with E-state index in [4.69, 9.17) is 14.3 Å². The predicted octanol–water partition coefficient (Wildman–Crippen LogP) is 0.191. The van der Waals surface area contributed by atoms with Crippen molar-refractivity contribution in [3.63, 3.8) is 0 Å². The van der Waals surface area contributed by atoms with Gasteiger partial charge in [-0.05, 0) is 0 Å². The van der Waals surface area contributed by atoms with Gasteiger partial charge in [-0.25, -0.2) is 14.4 Å². The van der Waals surface area contributed by atoms with Gasteiger partial charge in [-0.3, -0.25) is 9.59 Å². The summed E-state index contributed by atoms with van der Waals surface area (Å²) in [6.07, 6.45) is 0.100. The molecule has 0 saturated heterocycles. The minimum absolute atomic E-state index is 0.000199. The summed E-state index contributed by atoms with van der Waals surface area (Å²) in [4.78, 5) is 50.6. The van der Waals surface area contributed by atoms with Gasteiger partial charge in [-0.1, -0.05) is 11.9 Å². The number of hydrogen-bond acceptors (Lipinski definition) is 8. The first-order valence-electron chi connectivity index (χ1n) is 7.25. The van der Waals surface area contributed by atoms with Crippen molar-refractivity contribution >= 4 is 23.8 Å². The molecule has 0 heterocycles. The molecule has 0 aromatic rings. The molecule has 1 atom stereocenters. The van der Waals surface area contributed by atoms with Crippen LogP contribution in [0.15, 0.2) is 0 Å². The molecule has 9 nitrogen and oxygen atoms in total. The molecule has 9 heteroatoms. The van der Waals surface area contributed by atoms with E-state index in [2.05, 4.69) is 0 Å². The lowest BCUT2D eigenvalue weighted by atomic mass is 10.5. The third-order valence-electron chi connectivity index (χ3n) is 3.00. The molecule has 0 aliphatic carbocycles. The molecule has 23 heavy (non-hydrogen) atoms. The van der Waals surface area contributed by atoms with Crippen molar-refractivity contribution in [1.29, 1.82) is 0 Å². The molecule has 0 aromatic carbocycles. The summed E-state index contributed by atoms with van der Waals surface area (Å²) < 4.78 is 8.96. The van der Waals surface area contributed by atoms with E-state index < -0.39 is 28.6 Å². The molecule has 1 unspecified atom stereocenters. The smallest absolute Gasteiger partial charge is 0.371 e. The van der Waals surface area contributed by atoms with Crippen molar-refractivity contribution in [1.82, 2.24) is 5.01 Å². The SMILES string of the molecule is CCC(=O)O[N+](C)(C(C)=O)N(CCOC(C)=O)CCOC(C)=O. The quantitative estimate of drug-likeness (QED) is 0.353. The summed E-state index contributed by atoms with van der Waals surface area (Å²) in [7, 11) is 1.40. The van der Waals surface area contributed by atoms with Crippen molar-refractivity contribution in [2.75, 3.05) is 33.4 Å². The summed E-state index contributed by atoms with van der Waals surface area (Å²) in [6, 6.07) is 0. The molecule has 0 saturated carbocycles. The Morgan fingerprint density at radius 2 is 1.35 bits per heavy atom. The molecule has 0 aliphatic heterocycles. The maximum Gasteiger partial charge on any atom is 0.371 e. The molecule has 0 aliphatic rings. The van der Waals surface area contributed by atoms with Crippen LogP contribution in [0.3, 0.4) is 0 Å². The molecular weight excluding hydrogens is 308 g/mol. The van der Waals surface area contributed by atoms with E-state index in [1.807, 2.05) is 0 Å². The second-order valence-electron chi connectivity index (χ2n) is 4.85. The van der Waals surface area contributed by atoms with Crippen LogP contribution in [-0.4, -0.2) is 66.9 Å². The van der Waals surface area contributed by atoms with Crippen molar-refractivity contribution in [3.8, 4) is 0 Å². The molecular formula is C14H25N2O7+. The number of carbonyl (C=O) groups is 4. The molecule has 0 fully saturated rings. The van der Waals surface area contributed by atoms with Gasteiger partial charge >= 0.3 is 23.8 Å². The third-order valence-corrected chi connectivity index (χ3v) is 3.00. The monoisotopic (exact) mass is 333 g/mol. The number of ether oxygens (including phenoxy) is 2. The van der Waals surface area contributed by atoms with Gasteiger partial charge in [0.15, 0.2) is 0 Å². The lowest BCUT2D eigenvalue weighted by Crippen LogP contribution is -2.62. The Morgan fingerprint density at radius 3 is 1.65 bits per heavy atom. The molecule has 0 radical (unpaired) electrons. The van der Waals surface area contributed by atoms with Crippen LogP contribution in [0.25, 0.3) is 0 Å². The van der Waals surface area contributed by atoms with E-state index in [0.717, 1.165) is 0 Å². The first kappa shape index (κ1) is 21.0. The number of quaternary nitrogens is 1. The summed E-state index contributed by atoms with van der Waals surface area (Å²) in [5.41, 5.74) is 0. The molecule has 0 rings (SSSR count). The molecule has 0 spiro atoms. The van der Waals surface area contributed by atoms with Gasteiger partial charge in [0.25, 0.3) is 0 Å². The van der Waals surface area contributed by atoms with Crippen molar-refractivity contribution in [2.24, 2.45) is 0 Å². The van der Waals surface area contributed by atoms with Crippen LogP contribution in [0.2, 0.25) is 0 Å². The van der Waals surface area contributed by atoms with Gasteiger partial charge in [-0.2, -0.15) is 0 Å². The van der Waals surface area contributed by atoms with Crippen molar-refractivity contribution in [2.45, 2.75) is 34.1 Å². The zero-order chi connectivity index (χ0) is 18.0. The molecule has 132 valence electrons. The summed E-state index contributed by atoms with van der Waals surface area (Å²) in [6.45, 7) is 5.64. The topological polar surface area (TPSA) is 99.2 Å². The highest BCUT2D eigenvalue weighted by Gasteiger charge is 2.41. The van der Waals surface area contributed by atoms with Crippen LogP contribution >= 0.6 is 0 Å². The Bertz CT molecular complexity index is 432. The average molecular weight is 333 g/mol. The highest BCUT2D eigenvalue weighted by molar-refractivity contribution is 5.70. The number of rotatable bonds is 8. The first-order valence-corrected chi connectivity index (χ1v) is 7.25. The molecule has 1 amide bonds. The second kappa shape index (κ2) is 9.90. The Balaban J connectivity index is 5.11. The second-order valence-corrected chi connectivity index (χ2v) is 4.85. The highest BCUT2D eigenvalue weighted by Crippen LogP contribution is 2.13. The van der Waals surface area contributed by atoms with E-state index in [9.17, 15) is 19.2 Å². The van der Waals surface area contributed by atoms with Crippen LogP contribution in [0.1, 0.15) is 34.1 Å². The number of hydrogen-bond donors (Lipinski definition) is 0. The molecule has 0 aromatic heterocycles. The fourth-order valence-electron chi connectivity index (χ4n) is 1.67. The van der Waals surface area contributed by atoms with Gasteiger partial charge < -0.3 is 9.47 Å². The van der Waals surface area contributed by atoms with Gasteiger partial charge in [0.1, 0.15) is 20.3 Å². The Hall–Kier alpha value is -2.00. The van der Waals surface area contributed by atoms with Crippen molar-refractivity contribution < 1.29 is 38.2 Å². The lowest BCUT2D eigenvalue weighted by molar-refractivity contribution is -1.10. The van der Waals surface area contributed by atoms with Crippen LogP contribution in [-0.2, 0) is 33.5 Å². The van der Waals surface area contributed by atoms with E-state index in [1.165, 1.54) is 32.8 Å². The zero-order valence-corrected chi connectivity index (χ0v) is 14.3. The van der Waals surface area contributed by atoms with Crippen LogP contribution in [0.4, 0.5) is 0 Å². The Morgan fingerprint density at radius 1 is 0.913 bits per heavy atom. The number of amides is 1. The minimum Gasteiger partial charge on any atom is -0.464 e. The molecule has 0 N–H and O–H groups in total. The van der Waals surface area contributed by atoms with Gasteiger partial charge in [0, 0.05) is 25.0 Å². The first-order chi connectivity index (χ1) is 10.6. The maximum atomic E-state index is 12.0.